The first-order valence-corrected chi connectivity index (χ1v) is 7.98. The summed E-state index contributed by atoms with van der Waals surface area (Å²) in [4.78, 5) is 18.8. The van der Waals surface area contributed by atoms with E-state index in [2.05, 4.69) is 4.98 Å². The highest BCUT2D eigenvalue weighted by Gasteiger charge is 2.47. The van der Waals surface area contributed by atoms with Gasteiger partial charge in [0.25, 0.3) is 0 Å². The van der Waals surface area contributed by atoms with E-state index >= 15 is 0 Å². The molecule has 0 saturated heterocycles. The lowest BCUT2D eigenvalue weighted by Crippen LogP contribution is -2.29. The lowest BCUT2D eigenvalue weighted by atomic mass is 10.1. The van der Waals surface area contributed by atoms with Gasteiger partial charge in [-0.05, 0) is 43.7 Å². The average Bonchev–Trinajstić information content (AvgIpc) is 3.40. The largest absolute Gasteiger partial charge is 0.497 e. The number of hydrogen-bond acceptors (Lipinski definition) is 4. The van der Waals surface area contributed by atoms with Crippen molar-refractivity contribution in [2.45, 2.75) is 19.3 Å². The highest BCUT2D eigenvalue weighted by atomic mass is 16.5. The number of rotatable bonds is 5. The minimum Gasteiger partial charge on any atom is -0.497 e. The first-order chi connectivity index (χ1) is 11.5. The van der Waals surface area contributed by atoms with Crippen LogP contribution in [-0.2, 0) is 4.79 Å². The second kappa shape index (κ2) is 6.51. The summed E-state index contributed by atoms with van der Waals surface area (Å²) in [6, 6.07) is 11.4. The Hall–Kier alpha value is -2.56. The molecule has 1 saturated carbocycles. The summed E-state index contributed by atoms with van der Waals surface area (Å²) in [5.41, 5.74) is 1.93. The molecule has 0 bridgehead atoms. The molecule has 0 spiro atoms. The van der Waals surface area contributed by atoms with Crippen molar-refractivity contribution in [2.24, 2.45) is 5.92 Å². The molecule has 1 aromatic heterocycles. The average molecular weight is 326 g/mol. The quantitative estimate of drug-likeness (QED) is 0.847. The van der Waals surface area contributed by atoms with Crippen molar-refractivity contribution in [1.29, 1.82) is 0 Å². The molecular weight excluding hydrogens is 304 g/mol. The number of aromatic nitrogens is 1. The molecular formula is C19H22N2O3. The van der Waals surface area contributed by atoms with Crippen molar-refractivity contribution in [1.82, 2.24) is 4.98 Å². The van der Waals surface area contributed by atoms with E-state index in [9.17, 15) is 4.79 Å². The van der Waals surface area contributed by atoms with Crippen LogP contribution in [0, 0.1) is 12.8 Å². The molecule has 1 aliphatic carbocycles. The normalized spacial score (nSPS) is 18.8. The van der Waals surface area contributed by atoms with E-state index in [-0.39, 0.29) is 17.7 Å². The molecule has 0 aliphatic heterocycles. The van der Waals surface area contributed by atoms with Gasteiger partial charge in [0.2, 0.25) is 5.91 Å². The number of ether oxygens (including phenoxy) is 2. The van der Waals surface area contributed by atoms with E-state index in [0.717, 1.165) is 29.2 Å². The number of anilines is 1. The Bertz CT molecular complexity index is 760. The van der Waals surface area contributed by atoms with E-state index in [1.54, 1.807) is 26.2 Å². The molecule has 3 rings (SSSR count). The fourth-order valence-corrected chi connectivity index (χ4v) is 3.02. The number of carbonyl (C=O) groups is 1. The van der Waals surface area contributed by atoms with Crippen LogP contribution in [0.3, 0.4) is 0 Å². The number of hydrogen-bond donors (Lipinski definition) is 0. The number of pyridine rings is 1. The molecule has 1 aromatic carbocycles. The number of aryl methyl sites for hydroxylation is 1. The summed E-state index contributed by atoms with van der Waals surface area (Å²) in [7, 11) is 5.06. The van der Waals surface area contributed by atoms with Crippen LogP contribution >= 0.6 is 0 Å². The Labute approximate surface area is 142 Å². The van der Waals surface area contributed by atoms with Crippen LogP contribution in [0.4, 0.5) is 5.82 Å². The van der Waals surface area contributed by atoms with Crippen LogP contribution in [-0.4, -0.2) is 32.2 Å². The molecule has 0 N–H and O–H groups in total. The lowest BCUT2D eigenvalue weighted by molar-refractivity contribution is -0.119. The Morgan fingerprint density at radius 3 is 2.67 bits per heavy atom. The maximum atomic E-state index is 12.8. The molecule has 1 aliphatic rings. The number of carbonyl (C=O) groups excluding carboxylic acids is 1. The van der Waals surface area contributed by atoms with Gasteiger partial charge in [0.15, 0.2) is 0 Å². The van der Waals surface area contributed by atoms with Gasteiger partial charge in [-0.3, -0.25) is 9.69 Å². The van der Waals surface area contributed by atoms with Gasteiger partial charge >= 0.3 is 0 Å². The predicted molar refractivity (Wildman–Crippen MR) is 92.8 cm³/mol. The smallest absolute Gasteiger partial charge is 0.231 e. The molecule has 0 unspecified atom stereocenters. The van der Waals surface area contributed by atoms with Gasteiger partial charge in [-0.1, -0.05) is 6.07 Å². The zero-order valence-electron chi connectivity index (χ0n) is 14.4. The minimum atomic E-state index is -0.0432. The first-order valence-electron chi connectivity index (χ1n) is 7.98. The molecule has 1 amide bonds. The zero-order chi connectivity index (χ0) is 17.3. The minimum absolute atomic E-state index is 0.0432. The molecule has 1 fully saturated rings. The maximum absolute atomic E-state index is 12.8. The van der Waals surface area contributed by atoms with Crippen molar-refractivity contribution >= 4 is 11.7 Å². The third-order valence-electron chi connectivity index (χ3n) is 4.49. The maximum Gasteiger partial charge on any atom is 0.231 e. The summed E-state index contributed by atoms with van der Waals surface area (Å²) in [5.74, 6) is 2.46. The van der Waals surface area contributed by atoms with Crippen molar-refractivity contribution < 1.29 is 14.3 Å². The topological polar surface area (TPSA) is 51.7 Å². The van der Waals surface area contributed by atoms with Crippen molar-refractivity contribution in [2.75, 3.05) is 26.2 Å². The number of methoxy groups -OCH3 is 2. The third-order valence-corrected chi connectivity index (χ3v) is 4.49. The highest BCUT2D eigenvalue weighted by molar-refractivity contribution is 5.96. The van der Waals surface area contributed by atoms with E-state index < -0.39 is 0 Å². The van der Waals surface area contributed by atoms with Crippen LogP contribution in [0.25, 0.3) is 0 Å². The number of nitrogens with zero attached hydrogens (tertiary/aromatic N) is 2. The Morgan fingerprint density at radius 1 is 1.21 bits per heavy atom. The van der Waals surface area contributed by atoms with Crippen LogP contribution in [0.15, 0.2) is 36.4 Å². The summed E-state index contributed by atoms with van der Waals surface area (Å²) in [6.45, 7) is 1.92. The summed E-state index contributed by atoms with van der Waals surface area (Å²) in [5, 5.41) is 0. The SMILES string of the molecule is COc1ccc(OC)c([C@H]2C[C@@H]2C(=O)N(C)c2cccc(C)n2)c1. The van der Waals surface area contributed by atoms with E-state index in [4.69, 9.17) is 9.47 Å². The van der Waals surface area contributed by atoms with Crippen molar-refractivity contribution in [3.05, 3.63) is 47.7 Å². The molecule has 2 atom stereocenters. The van der Waals surface area contributed by atoms with E-state index in [0.29, 0.717) is 5.82 Å². The summed E-state index contributed by atoms with van der Waals surface area (Å²) < 4.78 is 10.7. The Kier molecular flexibility index (Phi) is 4.42. The lowest BCUT2D eigenvalue weighted by Gasteiger charge is -2.17. The van der Waals surface area contributed by atoms with Gasteiger partial charge in [0.05, 0.1) is 14.2 Å². The van der Waals surface area contributed by atoms with E-state index in [1.807, 2.05) is 43.3 Å². The molecule has 24 heavy (non-hydrogen) atoms. The van der Waals surface area contributed by atoms with Crippen LogP contribution in [0.1, 0.15) is 23.6 Å². The van der Waals surface area contributed by atoms with Crippen molar-refractivity contribution in [3.8, 4) is 11.5 Å². The molecule has 5 nitrogen and oxygen atoms in total. The van der Waals surface area contributed by atoms with Gasteiger partial charge in [0, 0.05) is 30.1 Å². The zero-order valence-corrected chi connectivity index (χ0v) is 14.4. The first kappa shape index (κ1) is 16.3. The molecule has 126 valence electrons. The monoisotopic (exact) mass is 326 g/mol. The summed E-state index contributed by atoms with van der Waals surface area (Å²) in [6.07, 6.45) is 0.818. The van der Waals surface area contributed by atoms with Gasteiger partial charge in [-0.15, -0.1) is 0 Å². The van der Waals surface area contributed by atoms with Crippen LogP contribution < -0.4 is 14.4 Å². The Balaban J connectivity index is 1.78. The van der Waals surface area contributed by atoms with Gasteiger partial charge in [0.1, 0.15) is 17.3 Å². The van der Waals surface area contributed by atoms with Crippen LogP contribution in [0.2, 0.25) is 0 Å². The van der Waals surface area contributed by atoms with Gasteiger partial charge < -0.3 is 9.47 Å². The second-order valence-corrected chi connectivity index (χ2v) is 6.09. The Morgan fingerprint density at radius 2 is 2.00 bits per heavy atom. The number of benzene rings is 1. The molecule has 1 heterocycles. The fraction of sp³-hybridized carbons (Fsp3) is 0.368. The second-order valence-electron chi connectivity index (χ2n) is 6.09. The predicted octanol–water partition coefficient (Wildman–Crippen LogP) is 3.17. The van der Waals surface area contributed by atoms with Crippen LogP contribution in [0.5, 0.6) is 11.5 Å². The fourth-order valence-electron chi connectivity index (χ4n) is 3.02. The molecule has 2 aromatic rings. The van der Waals surface area contributed by atoms with Crippen molar-refractivity contribution in [3.63, 3.8) is 0 Å². The standard InChI is InChI=1S/C19H22N2O3/c1-12-6-5-7-18(20-12)21(2)19(22)16-11-14(16)15-10-13(23-3)8-9-17(15)24-4/h5-10,14,16H,11H2,1-4H3/t14-,16+/m1/s1. The third kappa shape index (κ3) is 3.07. The molecule has 5 heteroatoms. The highest BCUT2D eigenvalue weighted by Crippen LogP contribution is 2.52. The van der Waals surface area contributed by atoms with Gasteiger partial charge in [-0.2, -0.15) is 0 Å². The van der Waals surface area contributed by atoms with Gasteiger partial charge in [-0.25, -0.2) is 4.98 Å². The number of amides is 1. The van der Waals surface area contributed by atoms with E-state index in [1.165, 1.54) is 0 Å². The molecule has 0 radical (unpaired) electrons. The summed E-state index contributed by atoms with van der Waals surface area (Å²) >= 11 is 0.